The van der Waals surface area contributed by atoms with Crippen LogP contribution < -0.4 is 9.47 Å². The van der Waals surface area contributed by atoms with E-state index in [0.717, 1.165) is 37.9 Å². The summed E-state index contributed by atoms with van der Waals surface area (Å²) >= 11 is 0. The molecular formula is C44H72O4. The van der Waals surface area contributed by atoms with E-state index in [9.17, 15) is 4.79 Å². The Morgan fingerprint density at radius 1 is 0.542 bits per heavy atom. The van der Waals surface area contributed by atoms with Gasteiger partial charge in [0.25, 0.3) is 0 Å². The van der Waals surface area contributed by atoms with E-state index in [1.807, 2.05) is 48.5 Å². The van der Waals surface area contributed by atoms with Crippen LogP contribution in [0.4, 0.5) is 0 Å². The zero-order chi connectivity index (χ0) is 34.5. The van der Waals surface area contributed by atoms with Gasteiger partial charge in [-0.1, -0.05) is 173 Å². The predicted molar refractivity (Wildman–Crippen MR) is 204 cm³/mol. The molecule has 2 atom stereocenters. The lowest BCUT2D eigenvalue weighted by Gasteiger charge is -2.20. The number of esters is 1. The van der Waals surface area contributed by atoms with Crippen molar-refractivity contribution in [2.75, 3.05) is 6.61 Å². The lowest BCUT2D eigenvalue weighted by Crippen LogP contribution is -2.17. The van der Waals surface area contributed by atoms with Gasteiger partial charge in [-0.05, 0) is 62.4 Å². The standard InChI is InChI=1S/C44H72O4/c1-5-8-10-12-14-16-17-18-20-22-24-28-37-46-38(4)39-33-35-40(36-34-39)44(45)48-43-32-27-26-31-42(43)47-41(29-7-3)30-25-23-21-19-15-13-11-9-6-2/h26-27,31-36,38,41H,5-25,28-30,37H2,1-4H3. The highest BCUT2D eigenvalue weighted by Crippen LogP contribution is 2.30. The van der Waals surface area contributed by atoms with Gasteiger partial charge in [0, 0.05) is 6.61 Å². The summed E-state index contributed by atoms with van der Waals surface area (Å²) in [4.78, 5) is 13.1. The van der Waals surface area contributed by atoms with Crippen LogP contribution in [0.2, 0.25) is 0 Å². The second kappa shape index (κ2) is 28.5. The van der Waals surface area contributed by atoms with Crippen molar-refractivity contribution < 1.29 is 19.0 Å². The largest absolute Gasteiger partial charge is 0.487 e. The van der Waals surface area contributed by atoms with E-state index in [1.54, 1.807) is 0 Å². The van der Waals surface area contributed by atoms with E-state index in [1.165, 1.54) is 128 Å². The third-order valence-corrected chi connectivity index (χ3v) is 9.57. The molecule has 0 fully saturated rings. The van der Waals surface area contributed by atoms with E-state index in [0.29, 0.717) is 17.1 Å². The van der Waals surface area contributed by atoms with Crippen LogP contribution in [-0.4, -0.2) is 18.7 Å². The molecule has 0 radical (unpaired) electrons. The van der Waals surface area contributed by atoms with Crippen molar-refractivity contribution in [2.45, 2.75) is 194 Å². The van der Waals surface area contributed by atoms with Gasteiger partial charge in [0.05, 0.1) is 17.8 Å². The molecule has 2 aromatic rings. The van der Waals surface area contributed by atoms with Gasteiger partial charge in [0.15, 0.2) is 11.5 Å². The van der Waals surface area contributed by atoms with Crippen molar-refractivity contribution in [1.29, 1.82) is 0 Å². The summed E-state index contributed by atoms with van der Waals surface area (Å²) in [6, 6.07) is 15.2. The average molecular weight is 665 g/mol. The SMILES string of the molecule is CCCCCCCCCCCCCCOC(C)c1ccc(C(=O)Oc2ccccc2OC(CCC)CCCCCCCCCCC)cc1. The number of hydrogen-bond acceptors (Lipinski definition) is 4. The summed E-state index contributed by atoms with van der Waals surface area (Å²) in [5, 5.41) is 0. The number of carbonyl (C=O) groups is 1. The average Bonchev–Trinajstić information content (AvgIpc) is 3.10. The molecule has 0 saturated heterocycles. The van der Waals surface area contributed by atoms with Crippen molar-refractivity contribution in [2.24, 2.45) is 0 Å². The van der Waals surface area contributed by atoms with Crippen LogP contribution in [0.3, 0.4) is 0 Å². The first-order chi connectivity index (χ1) is 23.6. The molecule has 0 aromatic heterocycles. The first-order valence-electron chi connectivity index (χ1n) is 20.3. The van der Waals surface area contributed by atoms with Gasteiger partial charge < -0.3 is 14.2 Å². The Labute approximate surface area is 296 Å². The number of rotatable bonds is 31. The molecule has 2 rings (SSSR count). The Bertz CT molecular complexity index is 1030. The Hall–Kier alpha value is -2.33. The van der Waals surface area contributed by atoms with Crippen molar-refractivity contribution in [3.63, 3.8) is 0 Å². The normalized spacial score (nSPS) is 12.6. The van der Waals surface area contributed by atoms with Crippen LogP contribution in [-0.2, 0) is 4.74 Å². The molecule has 0 spiro atoms. The molecule has 0 N–H and O–H groups in total. The van der Waals surface area contributed by atoms with Crippen molar-refractivity contribution in [3.05, 3.63) is 59.7 Å². The van der Waals surface area contributed by atoms with Gasteiger partial charge in [0.2, 0.25) is 0 Å². The number of unbranched alkanes of at least 4 members (excludes halogenated alkanes) is 19. The van der Waals surface area contributed by atoms with Crippen LogP contribution in [0.25, 0.3) is 0 Å². The lowest BCUT2D eigenvalue weighted by atomic mass is 10.0. The fourth-order valence-corrected chi connectivity index (χ4v) is 6.43. The monoisotopic (exact) mass is 665 g/mol. The topological polar surface area (TPSA) is 44.8 Å². The van der Waals surface area contributed by atoms with E-state index in [2.05, 4.69) is 27.7 Å². The molecule has 0 aliphatic heterocycles. The number of carbonyl (C=O) groups excluding carboxylic acids is 1. The molecule has 0 aliphatic carbocycles. The van der Waals surface area contributed by atoms with E-state index < -0.39 is 0 Å². The van der Waals surface area contributed by atoms with Crippen molar-refractivity contribution >= 4 is 5.97 Å². The van der Waals surface area contributed by atoms with Gasteiger partial charge in [-0.2, -0.15) is 0 Å². The van der Waals surface area contributed by atoms with Crippen LogP contribution >= 0.6 is 0 Å². The van der Waals surface area contributed by atoms with E-state index in [4.69, 9.17) is 14.2 Å². The highest BCUT2D eigenvalue weighted by Gasteiger charge is 2.17. The van der Waals surface area contributed by atoms with E-state index in [-0.39, 0.29) is 18.2 Å². The molecule has 0 heterocycles. The first kappa shape index (κ1) is 41.8. The molecule has 0 saturated carbocycles. The summed E-state index contributed by atoms with van der Waals surface area (Å²) in [6.45, 7) is 9.61. The summed E-state index contributed by atoms with van der Waals surface area (Å²) in [7, 11) is 0. The second-order valence-corrected chi connectivity index (χ2v) is 14.0. The van der Waals surface area contributed by atoms with Gasteiger partial charge in [-0.25, -0.2) is 4.79 Å². The van der Waals surface area contributed by atoms with Gasteiger partial charge >= 0.3 is 5.97 Å². The lowest BCUT2D eigenvalue weighted by molar-refractivity contribution is 0.0625. The molecule has 2 unspecified atom stereocenters. The quantitative estimate of drug-likeness (QED) is 0.0457. The Balaban J connectivity index is 1.69. The maximum Gasteiger partial charge on any atom is 0.343 e. The Morgan fingerprint density at radius 2 is 1.02 bits per heavy atom. The molecule has 0 amide bonds. The number of ether oxygens (including phenoxy) is 3. The highest BCUT2D eigenvalue weighted by atomic mass is 16.6. The van der Waals surface area contributed by atoms with Crippen molar-refractivity contribution in [1.82, 2.24) is 0 Å². The minimum atomic E-state index is -0.367. The predicted octanol–water partition coefficient (Wildman–Crippen LogP) is 14.2. The summed E-state index contributed by atoms with van der Waals surface area (Å²) < 4.78 is 18.4. The molecule has 272 valence electrons. The molecule has 4 nitrogen and oxygen atoms in total. The zero-order valence-electron chi connectivity index (χ0n) is 31.6. The van der Waals surface area contributed by atoms with Gasteiger partial charge in [0.1, 0.15) is 0 Å². The smallest absolute Gasteiger partial charge is 0.343 e. The fourth-order valence-electron chi connectivity index (χ4n) is 6.43. The first-order valence-corrected chi connectivity index (χ1v) is 20.3. The maximum atomic E-state index is 13.1. The fraction of sp³-hybridized carbons (Fsp3) is 0.705. The van der Waals surface area contributed by atoms with Crippen LogP contribution in [0.15, 0.2) is 48.5 Å². The van der Waals surface area contributed by atoms with Gasteiger partial charge in [-0.3, -0.25) is 0 Å². The molecule has 2 aromatic carbocycles. The summed E-state index contributed by atoms with van der Waals surface area (Å²) in [6.07, 6.45) is 31.2. The second-order valence-electron chi connectivity index (χ2n) is 14.0. The van der Waals surface area contributed by atoms with E-state index >= 15 is 0 Å². The Morgan fingerprint density at radius 3 is 1.54 bits per heavy atom. The molecule has 0 bridgehead atoms. The maximum absolute atomic E-state index is 13.1. The van der Waals surface area contributed by atoms with Gasteiger partial charge in [-0.15, -0.1) is 0 Å². The minimum Gasteiger partial charge on any atom is -0.487 e. The number of para-hydroxylation sites is 2. The summed E-state index contributed by atoms with van der Waals surface area (Å²) in [5.74, 6) is 0.768. The molecule has 4 heteroatoms. The zero-order valence-corrected chi connectivity index (χ0v) is 31.6. The molecule has 48 heavy (non-hydrogen) atoms. The number of benzene rings is 2. The Kier molecular flexibility index (Phi) is 24.8. The van der Waals surface area contributed by atoms with Crippen LogP contribution in [0, 0.1) is 0 Å². The highest BCUT2D eigenvalue weighted by molar-refractivity contribution is 5.91. The third kappa shape index (κ3) is 19.6. The number of hydrogen-bond donors (Lipinski definition) is 0. The van der Waals surface area contributed by atoms with Crippen molar-refractivity contribution in [3.8, 4) is 11.5 Å². The summed E-state index contributed by atoms with van der Waals surface area (Å²) in [5.41, 5.74) is 1.61. The minimum absolute atomic E-state index is 0.00167. The molecular weight excluding hydrogens is 592 g/mol. The third-order valence-electron chi connectivity index (χ3n) is 9.57. The van der Waals surface area contributed by atoms with Crippen LogP contribution in [0.5, 0.6) is 11.5 Å². The molecule has 0 aliphatic rings. The van der Waals surface area contributed by atoms with Crippen LogP contribution in [0.1, 0.15) is 204 Å².